The minimum atomic E-state index is -0.00295. The third-order valence-corrected chi connectivity index (χ3v) is 6.38. The van der Waals surface area contributed by atoms with Gasteiger partial charge in [0.25, 0.3) is 0 Å². The average molecular weight is 429 g/mol. The number of guanidine groups is 1. The van der Waals surface area contributed by atoms with E-state index in [1.807, 2.05) is 12.1 Å². The van der Waals surface area contributed by atoms with E-state index in [2.05, 4.69) is 52.8 Å². The summed E-state index contributed by atoms with van der Waals surface area (Å²) < 4.78 is 16.5. The summed E-state index contributed by atoms with van der Waals surface area (Å²) in [5, 5.41) is 11.1. The predicted octanol–water partition coefficient (Wildman–Crippen LogP) is 4.00. The van der Waals surface area contributed by atoms with E-state index in [1.54, 1.807) is 14.2 Å². The van der Waals surface area contributed by atoms with Crippen LogP contribution in [0.25, 0.3) is 0 Å². The third-order valence-electron chi connectivity index (χ3n) is 6.38. The van der Waals surface area contributed by atoms with Crippen molar-refractivity contribution in [1.29, 1.82) is 0 Å². The highest BCUT2D eigenvalue weighted by molar-refractivity contribution is 5.79. The fraction of sp³-hybridized carbons (Fsp3) is 0.583. The number of nitrogens with one attached hydrogen (secondary N) is 2. The van der Waals surface area contributed by atoms with Crippen molar-refractivity contribution in [2.45, 2.75) is 57.4 Å². The van der Waals surface area contributed by atoms with Gasteiger partial charge in [-0.3, -0.25) is 4.99 Å². The van der Waals surface area contributed by atoms with Crippen molar-refractivity contribution in [2.24, 2.45) is 4.99 Å². The summed E-state index contributed by atoms with van der Waals surface area (Å²) in [6.07, 6.45) is 4.06. The number of aromatic nitrogens is 1. The van der Waals surface area contributed by atoms with Crippen LogP contribution in [0.3, 0.4) is 0 Å². The van der Waals surface area contributed by atoms with Crippen molar-refractivity contribution >= 4 is 5.96 Å². The van der Waals surface area contributed by atoms with Gasteiger partial charge in [-0.2, -0.15) is 0 Å². The molecule has 7 heteroatoms. The third kappa shape index (κ3) is 5.79. The maximum absolute atomic E-state index is 5.65. The second kappa shape index (κ2) is 11.2. The minimum Gasteiger partial charge on any atom is -0.497 e. The number of rotatable bonds is 9. The number of aliphatic imine (C=N–C) groups is 1. The Morgan fingerprint density at radius 1 is 1.16 bits per heavy atom. The molecule has 0 unspecified atom stereocenters. The maximum atomic E-state index is 5.65. The van der Waals surface area contributed by atoms with Gasteiger partial charge in [-0.25, -0.2) is 0 Å². The molecule has 1 aliphatic heterocycles. The summed E-state index contributed by atoms with van der Waals surface area (Å²) in [5.41, 5.74) is 2.33. The van der Waals surface area contributed by atoms with Gasteiger partial charge in [-0.1, -0.05) is 31.1 Å². The smallest absolute Gasteiger partial charge is 0.191 e. The highest BCUT2D eigenvalue weighted by Crippen LogP contribution is 2.35. The number of nitrogens with zero attached hydrogens (tertiary/aromatic N) is 2. The van der Waals surface area contributed by atoms with Crippen molar-refractivity contribution in [3.05, 3.63) is 47.3 Å². The number of hydrogen-bond acceptors (Lipinski definition) is 5. The van der Waals surface area contributed by atoms with Crippen LogP contribution in [0.2, 0.25) is 0 Å². The molecule has 31 heavy (non-hydrogen) atoms. The first-order valence-electron chi connectivity index (χ1n) is 11.3. The van der Waals surface area contributed by atoms with E-state index in [0.29, 0.717) is 12.5 Å². The summed E-state index contributed by atoms with van der Waals surface area (Å²) >= 11 is 0. The van der Waals surface area contributed by atoms with Crippen molar-refractivity contribution in [3.8, 4) is 5.75 Å². The predicted molar refractivity (Wildman–Crippen MR) is 123 cm³/mol. The monoisotopic (exact) mass is 428 g/mol. The van der Waals surface area contributed by atoms with Crippen LogP contribution in [0.5, 0.6) is 5.75 Å². The van der Waals surface area contributed by atoms with Gasteiger partial charge in [-0.05, 0) is 43.4 Å². The Morgan fingerprint density at radius 3 is 2.48 bits per heavy atom. The molecule has 0 atom stereocenters. The van der Waals surface area contributed by atoms with Gasteiger partial charge in [0.1, 0.15) is 5.75 Å². The quantitative estimate of drug-likeness (QED) is 0.464. The standard InChI is InChI=1S/C24H36N4O3/c1-5-18(6-2)22-15-21(31-28-22)16-26-23(25-3)27-17-24(11-13-30-14-12-24)19-7-9-20(29-4)10-8-19/h7-10,15,18H,5-6,11-14,16-17H2,1-4H3,(H2,25,26,27). The van der Waals surface area contributed by atoms with Gasteiger partial charge in [0.2, 0.25) is 0 Å². The molecule has 2 heterocycles. The molecule has 0 radical (unpaired) electrons. The maximum Gasteiger partial charge on any atom is 0.191 e. The van der Waals surface area contributed by atoms with E-state index in [9.17, 15) is 0 Å². The number of methoxy groups -OCH3 is 1. The zero-order valence-electron chi connectivity index (χ0n) is 19.2. The van der Waals surface area contributed by atoms with E-state index >= 15 is 0 Å². The number of benzene rings is 1. The lowest BCUT2D eigenvalue weighted by atomic mass is 9.74. The van der Waals surface area contributed by atoms with Crippen molar-refractivity contribution in [2.75, 3.05) is 33.9 Å². The molecule has 2 N–H and O–H groups in total. The minimum absolute atomic E-state index is 0.00295. The van der Waals surface area contributed by atoms with Crippen molar-refractivity contribution in [3.63, 3.8) is 0 Å². The fourth-order valence-electron chi connectivity index (χ4n) is 4.23. The molecule has 170 valence electrons. The van der Waals surface area contributed by atoms with E-state index in [1.165, 1.54) is 5.56 Å². The van der Waals surface area contributed by atoms with Crippen LogP contribution < -0.4 is 15.4 Å². The SMILES string of the molecule is CCC(CC)c1cc(CNC(=NC)NCC2(c3ccc(OC)cc3)CCOCC2)on1. The van der Waals surface area contributed by atoms with Gasteiger partial charge in [-0.15, -0.1) is 0 Å². The summed E-state index contributed by atoms with van der Waals surface area (Å²) in [6.45, 7) is 7.21. The Labute approximate surface area is 185 Å². The lowest BCUT2D eigenvalue weighted by Crippen LogP contribution is -2.47. The Kier molecular flexibility index (Phi) is 8.35. The highest BCUT2D eigenvalue weighted by Gasteiger charge is 2.34. The van der Waals surface area contributed by atoms with Gasteiger partial charge in [0, 0.05) is 44.2 Å². The summed E-state index contributed by atoms with van der Waals surface area (Å²) in [7, 11) is 3.48. The van der Waals surface area contributed by atoms with E-state index < -0.39 is 0 Å². The van der Waals surface area contributed by atoms with Crippen LogP contribution in [0.4, 0.5) is 0 Å². The van der Waals surface area contributed by atoms with Crippen molar-refractivity contribution in [1.82, 2.24) is 15.8 Å². The molecular weight excluding hydrogens is 392 g/mol. The van der Waals surface area contributed by atoms with Gasteiger partial charge >= 0.3 is 0 Å². The number of ether oxygens (including phenoxy) is 2. The van der Waals surface area contributed by atoms with Gasteiger partial charge in [0.15, 0.2) is 11.7 Å². The van der Waals surface area contributed by atoms with Crippen LogP contribution in [-0.4, -0.2) is 45.0 Å². The normalized spacial score (nSPS) is 16.4. The van der Waals surface area contributed by atoms with E-state index in [0.717, 1.165) is 68.6 Å². The molecule has 1 aromatic heterocycles. The first-order valence-corrected chi connectivity index (χ1v) is 11.3. The lowest BCUT2D eigenvalue weighted by Gasteiger charge is -2.38. The Morgan fingerprint density at radius 2 is 1.87 bits per heavy atom. The van der Waals surface area contributed by atoms with Crippen molar-refractivity contribution < 1.29 is 14.0 Å². The second-order valence-electron chi connectivity index (χ2n) is 8.13. The zero-order valence-corrected chi connectivity index (χ0v) is 19.2. The lowest BCUT2D eigenvalue weighted by molar-refractivity contribution is 0.0513. The molecule has 0 saturated carbocycles. The average Bonchev–Trinajstić information content (AvgIpc) is 3.29. The molecule has 1 fully saturated rings. The molecule has 0 amide bonds. The van der Waals surface area contributed by atoms with E-state index in [4.69, 9.17) is 14.0 Å². The van der Waals surface area contributed by atoms with Crippen LogP contribution >= 0.6 is 0 Å². The molecule has 1 aromatic carbocycles. The van der Waals surface area contributed by atoms with Crippen LogP contribution in [-0.2, 0) is 16.7 Å². The first-order chi connectivity index (χ1) is 15.1. The molecule has 1 aliphatic rings. The molecule has 1 saturated heterocycles. The largest absolute Gasteiger partial charge is 0.497 e. The summed E-state index contributed by atoms with van der Waals surface area (Å²) in [6, 6.07) is 10.4. The Balaban J connectivity index is 1.62. The van der Waals surface area contributed by atoms with Gasteiger partial charge < -0.3 is 24.6 Å². The molecule has 0 bridgehead atoms. The molecule has 3 rings (SSSR count). The second-order valence-corrected chi connectivity index (χ2v) is 8.13. The number of hydrogen-bond donors (Lipinski definition) is 2. The molecule has 0 aliphatic carbocycles. The zero-order chi connectivity index (χ0) is 22.1. The highest BCUT2D eigenvalue weighted by atomic mass is 16.5. The fourth-order valence-corrected chi connectivity index (χ4v) is 4.23. The van der Waals surface area contributed by atoms with Crippen LogP contribution in [0.1, 0.15) is 62.5 Å². The Hall–Kier alpha value is -2.54. The topological polar surface area (TPSA) is 80.9 Å². The molecule has 0 spiro atoms. The first kappa shape index (κ1) is 23.1. The van der Waals surface area contributed by atoms with E-state index in [-0.39, 0.29) is 5.41 Å². The summed E-state index contributed by atoms with van der Waals surface area (Å²) in [4.78, 5) is 4.40. The molecule has 2 aromatic rings. The van der Waals surface area contributed by atoms with Crippen LogP contribution in [0, 0.1) is 0 Å². The Bertz CT molecular complexity index is 822. The summed E-state index contributed by atoms with van der Waals surface area (Å²) in [5.74, 6) is 2.89. The van der Waals surface area contributed by atoms with Gasteiger partial charge in [0.05, 0.1) is 19.3 Å². The van der Waals surface area contributed by atoms with Crippen LogP contribution in [0.15, 0.2) is 39.8 Å². The molecule has 7 nitrogen and oxygen atoms in total. The molecular formula is C24H36N4O3.